The molecule has 3 rings (SSSR count). The van der Waals surface area contributed by atoms with Crippen LogP contribution in [0.1, 0.15) is 78.6 Å². The van der Waals surface area contributed by atoms with Gasteiger partial charge in [0.25, 0.3) is 0 Å². The summed E-state index contributed by atoms with van der Waals surface area (Å²) >= 11 is 0. The molecule has 0 N–H and O–H groups in total. The summed E-state index contributed by atoms with van der Waals surface area (Å²) in [5, 5.41) is 0. The smallest absolute Gasteiger partial charge is 0.338 e. The first-order valence-electron chi connectivity index (χ1n) is 14.3. The lowest BCUT2D eigenvalue weighted by molar-refractivity contribution is -0.195. The second kappa shape index (κ2) is 13.0. The number of hydrogen-bond donors (Lipinski definition) is 0. The Labute approximate surface area is 247 Å². The first-order valence-corrected chi connectivity index (χ1v) is 14.3. The molecule has 2 aliphatic carbocycles. The highest BCUT2D eigenvalue weighted by atomic mass is 16.6. The summed E-state index contributed by atoms with van der Waals surface area (Å²) in [6, 6.07) is 8.52. The van der Waals surface area contributed by atoms with Gasteiger partial charge in [-0.2, -0.15) is 0 Å². The van der Waals surface area contributed by atoms with Crippen molar-refractivity contribution in [1.29, 1.82) is 0 Å². The van der Waals surface area contributed by atoms with Crippen molar-refractivity contribution in [3.63, 3.8) is 0 Å². The molecule has 0 aliphatic heterocycles. The van der Waals surface area contributed by atoms with Crippen LogP contribution in [-0.2, 0) is 38.1 Å². The number of carbonyl (C=O) groups excluding carboxylic acids is 5. The molecule has 0 bridgehead atoms. The van der Waals surface area contributed by atoms with Crippen molar-refractivity contribution in [2.75, 3.05) is 0 Å². The summed E-state index contributed by atoms with van der Waals surface area (Å²) in [5.41, 5.74) is -1.51. The number of ketones is 1. The lowest BCUT2D eigenvalue weighted by Gasteiger charge is -2.43. The van der Waals surface area contributed by atoms with Crippen LogP contribution >= 0.6 is 0 Å². The molecule has 0 spiro atoms. The molecule has 2 aliphatic rings. The Morgan fingerprint density at radius 1 is 0.881 bits per heavy atom. The summed E-state index contributed by atoms with van der Waals surface area (Å²) in [6.07, 6.45) is 2.67. The molecule has 1 aromatic rings. The van der Waals surface area contributed by atoms with Gasteiger partial charge in [0, 0.05) is 38.5 Å². The van der Waals surface area contributed by atoms with Crippen molar-refractivity contribution in [2.45, 2.75) is 92.1 Å². The molecule has 9 nitrogen and oxygen atoms in total. The Morgan fingerprint density at radius 2 is 1.50 bits per heavy atom. The molecule has 0 unspecified atom stereocenters. The minimum absolute atomic E-state index is 0.0850. The molecule has 0 aromatic heterocycles. The second-order valence-electron chi connectivity index (χ2n) is 12.1. The van der Waals surface area contributed by atoms with Crippen LogP contribution in [0.3, 0.4) is 0 Å². The van der Waals surface area contributed by atoms with Gasteiger partial charge in [0.15, 0.2) is 5.60 Å². The Balaban J connectivity index is 2.29. The molecule has 7 atom stereocenters. The van der Waals surface area contributed by atoms with Crippen molar-refractivity contribution in [2.24, 2.45) is 23.2 Å². The molecule has 0 amide bonds. The van der Waals surface area contributed by atoms with Gasteiger partial charge in [0.1, 0.15) is 24.1 Å². The van der Waals surface area contributed by atoms with Crippen LogP contribution < -0.4 is 0 Å². The number of benzene rings is 1. The first-order chi connectivity index (χ1) is 19.6. The predicted octanol–water partition coefficient (Wildman–Crippen LogP) is 5.17. The van der Waals surface area contributed by atoms with Crippen LogP contribution in [0.25, 0.3) is 0 Å². The zero-order valence-electron chi connectivity index (χ0n) is 25.7. The van der Waals surface area contributed by atoms with Gasteiger partial charge in [-0.3, -0.25) is 19.2 Å². The van der Waals surface area contributed by atoms with Crippen molar-refractivity contribution in [1.82, 2.24) is 0 Å². The number of allylic oxidation sites excluding steroid dienone is 1. The fraction of sp³-hybridized carbons (Fsp3) is 0.545. The molecule has 228 valence electrons. The molecule has 1 fully saturated rings. The lowest BCUT2D eigenvalue weighted by atomic mass is 9.75. The average Bonchev–Trinajstić information content (AvgIpc) is 3.14. The third-order valence-electron chi connectivity index (χ3n) is 8.12. The van der Waals surface area contributed by atoms with E-state index in [4.69, 9.17) is 18.9 Å². The zero-order valence-corrected chi connectivity index (χ0v) is 25.7. The Morgan fingerprint density at radius 3 is 2.07 bits per heavy atom. The number of esters is 4. The lowest BCUT2D eigenvalue weighted by Crippen LogP contribution is -2.55. The van der Waals surface area contributed by atoms with Gasteiger partial charge in [-0.05, 0) is 50.8 Å². The summed E-state index contributed by atoms with van der Waals surface area (Å²) in [5.74, 6) is -4.12. The van der Waals surface area contributed by atoms with Crippen molar-refractivity contribution < 1.29 is 42.9 Å². The molecule has 0 heterocycles. The highest BCUT2D eigenvalue weighted by Gasteiger charge is 2.62. The third-order valence-corrected chi connectivity index (χ3v) is 8.12. The minimum atomic E-state index is -1.45. The highest BCUT2D eigenvalue weighted by Crippen LogP contribution is 2.51. The summed E-state index contributed by atoms with van der Waals surface area (Å²) in [7, 11) is 0. The maximum absolute atomic E-state index is 13.4. The fourth-order valence-electron chi connectivity index (χ4n) is 6.05. The molecule has 9 heteroatoms. The third kappa shape index (κ3) is 7.36. The van der Waals surface area contributed by atoms with Gasteiger partial charge in [0.05, 0.1) is 11.5 Å². The van der Waals surface area contributed by atoms with Crippen LogP contribution in [0.15, 0.2) is 54.1 Å². The van der Waals surface area contributed by atoms with Gasteiger partial charge in [-0.1, -0.05) is 50.3 Å². The van der Waals surface area contributed by atoms with Gasteiger partial charge in [-0.15, -0.1) is 0 Å². The monoisotopic (exact) mass is 582 g/mol. The van der Waals surface area contributed by atoms with Crippen molar-refractivity contribution in [3.8, 4) is 0 Å². The number of hydrogen-bond acceptors (Lipinski definition) is 9. The van der Waals surface area contributed by atoms with Crippen molar-refractivity contribution in [3.05, 3.63) is 59.7 Å². The van der Waals surface area contributed by atoms with E-state index in [0.717, 1.165) is 0 Å². The zero-order chi connectivity index (χ0) is 31.4. The van der Waals surface area contributed by atoms with Crippen LogP contribution in [0.5, 0.6) is 0 Å². The van der Waals surface area contributed by atoms with E-state index in [1.807, 2.05) is 13.8 Å². The topological polar surface area (TPSA) is 122 Å². The van der Waals surface area contributed by atoms with Gasteiger partial charge >= 0.3 is 23.9 Å². The number of fused-ring (bicyclic) bond motifs is 1. The van der Waals surface area contributed by atoms with Crippen molar-refractivity contribution >= 4 is 29.7 Å². The largest absolute Gasteiger partial charge is 0.458 e. The van der Waals surface area contributed by atoms with Gasteiger partial charge in [0.2, 0.25) is 0 Å². The molecule has 1 saturated carbocycles. The molecular formula is C33H42O9. The van der Waals surface area contributed by atoms with Crippen LogP contribution in [-0.4, -0.2) is 53.6 Å². The van der Waals surface area contributed by atoms with E-state index in [1.165, 1.54) is 20.8 Å². The van der Waals surface area contributed by atoms with Crippen LogP contribution in [0.4, 0.5) is 0 Å². The number of rotatable bonds is 5. The molecule has 0 radical (unpaired) electrons. The number of carbonyl (C=O) groups is 5. The second-order valence-corrected chi connectivity index (χ2v) is 12.1. The van der Waals surface area contributed by atoms with Crippen LogP contribution in [0, 0.1) is 23.2 Å². The highest BCUT2D eigenvalue weighted by molar-refractivity contribution is 5.89. The van der Waals surface area contributed by atoms with E-state index in [9.17, 15) is 24.0 Å². The molecular weight excluding hydrogens is 540 g/mol. The summed E-state index contributed by atoms with van der Waals surface area (Å²) in [6.45, 7) is 12.8. The fourth-order valence-corrected chi connectivity index (χ4v) is 6.05. The standard InChI is InChI=1S/C33H42O9/c1-19-14-15-32(7,8)28(37)17-27(39-22(4)34)20(2)16-26-29(41-31(38)25-12-10-9-11-13-25)21(3)18-33(26,42-24(6)36)30(19)40-23(5)35/h9-16,19,21,26-27,29-30H,17-18H2,1-8H3/b15-14-,20-16+/t19-,21+,26-,27-,29+,30+,33-/m0/s1. The van der Waals surface area contributed by atoms with Gasteiger partial charge < -0.3 is 18.9 Å². The van der Waals surface area contributed by atoms with Crippen LogP contribution in [0.2, 0.25) is 0 Å². The SMILES string of the molecule is CC(=O)O[C@H]1CC(=O)C(C)(C)/C=C\[C@H](C)[C@@H](OC(C)=O)[C@]2(OC(C)=O)C[C@@H](C)[C@@H](OC(=O)c3ccccc3)[C@@H]2/C=C/1C. The van der Waals surface area contributed by atoms with Gasteiger partial charge in [-0.25, -0.2) is 4.79 Å². The van der Waals surface area contributed by atoms with E-state index < -0.39 is 65.0 Å². The summed E-state index contributed by atoms with van der Waals surface area (Å²) in [4.78, 5) is 64.0. The van der Waals surface area contributed by atoms with E-state index >= 15 is 0 Å². The Bertz CT molecular complexity index is 1260. The summed E-state index contributed by atoms with van der Waals surface area (Å²) < 4.78 is 23.8. The Kier molecular flexibility index (Phi) is 10.2. The quantitative estimate of drug-likeness (QED) is 0.263. The number of Topliss-reactive ketones (excluding diaryl/α,β-unsaturated/α-hetero) is 1. The molecule has 1 aromatic carbocycles. The minimum Gasteiger partial charge on any atom is -0.458 e. The van der Waals surface area contributed by atoms with E-state index in [-0.39, 0.29) is 24.5 Å². The maximum Gasteiger partial charge on any atom is 0.338 e. The van der Waals surface area contributed by atoms with E-state index in [0.29, 0.717) is 11.1 Å². The normalized spacial score (nSPS) is 33.0. The average molecular weight is 583 g/mol. The Hall–Kier alpha value is -3.75. The molecule has 42 heavy (non-hydrogen) atoms. The molecule has 0 saturated heterocycles. The number of ether oxygens (including phenoxy) is 4. The predicted molar refractivity (Wildman–Crippen MR) is 154 cm³/mol. The van der Waals surface area contributed by atoms with E-state index in [1.54, 1.807) is 69.3 Å². The van der Waals surface area contributed by atoms with E-state index in [2.05, 4.69) is 0 Å². The first kappa shape index (κ1) is 32.8. The maximum atomic E-state index is 13.4.